The molecule has 6 heterocycles. The Bertz CT molecular complexity index is 2660. The summed E-state index contributed by atoms with van der Waals surface area (Å²) in [7, 11) is 0. The molecular formula is C50H58N4O9. The molecule has 2 aliphatic carbocycles. The fourth-order valence-electron chi connectivity index (χ4n) is 12.4. The van der Waals surface area contributed by atoms with Gasteiger partial charge in [0.05, 0.1) is 12.8 Å². The first-order chi connectivity index (χ1) is 30.3. The SMILES string of the molecule is C/C=C(/C)C(=O)O[C@@H]1Cc2c3c(c4oc(CO)cc(=O)c4c2O)[C@H]2C4=CCNC(N)=C4[C@@H](CCc4ccc(O)cc4[C@@H]2CO)[C@@H]2CCC4=C5CC[C@@H](C)NC5NC=C4C[C@@H]2[C@]1(C)O3. The number of phenolic OH excluding ortho intramolecular Hbond substituents is 2. The minimum atomic E-state index is -1.24. The number of dihydropyridines is 2. The van der Waals surface area contributed by atoms with Gasteiger partial charge in [0.25, 0.3) is 0 Å². The molecule has 1 saturated heterocycles. The molecule has 1 aromatic heterocycles. The zero-order valence-electron chi connectivity index (χ0n) is 36.3. The molecule has 0 radical (unpaired) electrons. The summed E-state index contributed by atoms with van der Waals surface area (Å²) in [6, 6.07) is 6.88. The number of ether oxygens (including phenoxy) is 2. The molecule has 2 fully saturated rings. The lowest BCUT2D eigenvalue weighted by Gasteiger charge is -2.52. The number of carbonyl (C=O) groups excluding carboxylic acids is 1. The van der Waals surface area contributed by atoms with Gasteiger partial charge < -0.3 is 50.7 Å². The average Bonchev–Trinajstić information content (AvgIpc) is 3.44. The van der Waals surface area contributed by atoms with E-state index in [-0.39, 0.29) is 76.5 Å². The number of hydrogen-bond acceptors (Lipinski definition) is 13. The minimum Gasteiger partial charge on any atom is -0.508 e. The van der Waals surface area contributed by atoms with Crippen molar-refractivity contribution >= 4 is 16.9 Å². The summed E-state index contributed by atoms with van der Waals surface area (Å²) in [6.07, 6.45) is 10.6. The summed E-state index contributed by atoms with van der Waals surface area (Å²) in [6.45, 7) is 7.18. The van der Waals surface area contributed by atoms with Crippen LogP contribution < -0.4 is 31.8 Å². The molecule has 0 spiro atoms. The Morgan fingerprint density at radius 1 is 1.10 bits per heavy atom. The number of aliphatic hydroxyl groups is 2. The molecule has 13 heteroatoms. The van der Waals surface area contributed by atoms with Crippen molar-refractivity contribution in [1.82, 2.24) is 16.0 Å². The van der Waals surface area contributed by atoms with Gasteiger partial charge in [-0.3, -0.25) is 10.1 Å². The summed E-state index contributed by atoms with van der Waals surface area (Å²) in [4.78, 5) is 28.3. The quantitative estimate of drug-likeness (QED) is 0.117. The first-order valence-electron chi connectivity index (χ1n) is 22.6. The fraction of sp³-hybridized carbons (Fsp3) is 0.480. The van der Waals surface area contributed by atoms with E-state index < -0.39 is 41.5 Å². The molecule has 13 nitrogen and oxygen atoms in total. The highest BCUT2D eigenvalue weighted by atomic mass is 16.6. The highest BCUT2D eigenvalue weighted by Crippen LogP contribution is 2.61. The Kier molecular flexibility index (Phi) is 10.3. The van der Waals surface area contributed by atoms with E-state index in [1.165, 1.54) is 22.8 Å². The van der Waals surface area contributed by atoms with Crippen LogP contribution in [0.5, 0.6) is 17.2 Å². The Balaban J connectivity index is 1.33. The third kappa shape index (κ3) is 6.51. The van der Waals surface area contributed by atoms with E-state index in [1.807, 2.05) is 13.0 Å². The predicted molar refractivity (Wildman–Crippen MR) is 237 cm³/mol. The maximum absolute atomic E-state index is 14.2. The first-order valence-corrected chi connectivity index (χ1v) is 22.6. The molecule has 1 unspecified atom stereocenters. The molecule has 7 aliphatic rings. The number of nitrogens with one attached hydrogen (secondary N) is 3. The molecule has 9 atom stereocenters. The van der Waals surface area contributed by atoms with Crippen molar-refractivity contribution in [3.05, 3.63) is 120 Å². The average molecular weight is 859 g/mol. The van der Waals surface area contributed by atoms with Gasteiger partial charge in [-0.2, -0.15) is 0 Å². The number of fused-ring (bicyclic) bond motifs is 10. The van der Waals surface area contributed by atoms with Gasteiger partial charge in [-0.25, -0.2) is 4.79 Å². The van der Waals surface area contributed by atoms with Gasteiger partial charge in [-0.15, -0.1) is 0 Å². The highest BCUT2D eigenvalue weighted by Gasteiger charge is 2.58. The predicted octanol–water partition coefficient (Wildman–Crippen LogP) is 5.70. The van der Waals surface area contributed by atoms with Gasteiger partial charge in [-0.1, -0.05) is 18.2 Å². The van der Waals surface area contributed by atoms with Crippen LogP contribution >= 0.6 is 0 Å². The van der Waals surface area contributed by atoms with Crippen molar-refractivity contribution in [3.8, 4) is 17.2 Å². The van der Waals surface area contributed by atoms with Gasteiger partial charge in [0, 0.05) is 65.7 Å². The number of aryl methyl sites for hydroxylation is 1. The maximum Gasteiger partial charge on any atom is 0.333 e. The topological polar surface area (TPSA) is 209 Å². The van der Waals surface area contributed by atoms with E-state index in [2.05, 4.69) is 35.2 Å². The van der Waals surface area contributed by atoms with E-state index in [9.17, 15) is 30.0 Å². The van der Waals surface area contributed by atoms with Crippen LogP contribution in [0.2, 0.25) is 0 Å². The van der Waals surface area contributed by atoms with Crippen LogP contribution in [0.4, 0.5) is 0 Å². The molecule has 5 aliphatic heterocycles. The third-order valence-corrected chi connectivity index (χ3v) is 15.7. The number of hydrogen-bond donors (Lipinski definition) is 8. The molecular weight excluding hydrogens is 801 g/mol. The second kappa shape index (κ2) is 15.6. The van der Waals surface area contributed by atoms with Crippen LogP contribution in [-0.2, 0) is 29.0 Å². The zero-order chi connectivity index (χ0) is 44.1. The zero-order valence-corrected chi connectivity index (χ0v) is 36.3. The van der Waals surface area contributed by atoms with Gasteiger partial charge >= 0.3 is 5.97 Å². The monoisotopic (exact) mass is 858 g/mol. The van der Waals surface area contributed by atoms with E-state index in [0.717, 1.165) is 48.0 Å². The molecule has 2 aromatic carbocycles. The van der Waals surface area contributed by atoms with Crippen LogP contribution in [0.1, 0.15) is 106 Å². The van der Waals surface area contributed by atoms with Gasteiger partial charge in [0.15, 0.2) is 5.43 Å². The smallest absolute Gasteiger partial charge is 0.333 e. The number of allylic oxidation sites excluding steroid dienone is 5. The standard InChI is InChI=1S/C50H58N4O9/c1-5-23(2)49(60)62-39-19-35-44(59)42-38(58)18-28(21-55)61-46(42)43-40-33-14-15-52-47(51)41(33)31(11-8-25-7-9-27(57)17-34(25)36(40)22-56)30-13-12-29-26(16-37(30)50(39,4)63-45(35)43)20-53-48-32(29)10-6-24(3)54-48/h5,7,9,14,17-18,20,24,30-31,36-37,39-40,48,52-57,59H,6,8,10-13,15-16,19,21-22,51H2,1-4H3/b23-5-/t24-,30+,31+,36+,37+,39-,40+,48?,50+/m1/s1. The summed E-state index contributed by atoms with van der Waals surface area (Å²) < 4.78 is 20.8. The normalized spacial score (nSPS) is 31.1. The molecule has 3 aromatic rings. The lowest BCUT2D eigenvalue weighted by atomic mass is 9.61. The Morgan fingerprint density at radius 3 is 2.70 bits per heavy atom. The number of nitrogens with two attached hydrogens (primary N) is 1. The van der Waals surface area contributed by atoms with Crippen LogP contribution in [-0.4, -0.2) is 63.5 Å². The number of benzene rings is 2. The van der Waals surface area contributed by atoms with Crippen molar-refractivity contribution in [1.29, 1.82) is 0 Å². The van der Waals surface area contributed by atoms with Crippen LogP contribution in [0.3, 0.4) is 0 Å². The second-order valence-corrected chi connectivity index (χ2v) is 18.9. The molecule has 9 N–H and O–H groups in total. The van der Waals surface area contributed by atoms with E-state index in [1.54, 1.807) is 32.1 Å². The molecule has 1 saturated carbocycles. The van der Waals surface area contributed by atoms with E-state index >= 15 is 0 Å². The Hall–Kier alpha value is -5.50. The van der Waals surface area contributed by atoms with Gasteiger partial charge in [0.2, 0.25) is 0 Å². The lowest BCUT2D eigenvalue weighted by Crippen LogP contribution is -2.59. The third-order valence-electron chi connectivity index (χ3n) is 15.7. The largest absolute Gasteiger partial charge is 0.508 e. The summed E-state index contributed by atoms with van der Waals surface area (Å²) >= 11 is 0. The molecule has 10 rings (SSSR count). The molecule has 4 bridgehead atoms. The van der Waals surface area contributed by atoms with Gasteiger partial charge in [-0.05, 0) is 136 Å². The van der Waals surface area contributed by atoms with Gasteiger partial charge in [0.1, 0.15) is 58.1 Å². The Morgan fingerprint density at radius 2 is 1.92 bits per heavy atom. The number of phenols is 2. The van der Waals surface area contributed by atoms with Crippen molar-refractivity contribution in [2.45, 2.75) is 121 Å². The number of rotatable bonds is 4. The number of piperidine rings is 1. The summed E-state index contributed by atoms with van der Waals surface area (Å²) in [5.41, 5.74) is 14.0. The van der Waals surface area contributed by atoms with Crippen LogP contribution in [0, 0.1) is 17.8 Å². The van der Waals surface area contributed by atoms with E-state index in [0.29, 0.717) is 48.8 Å². The molecule has 0 amide bonds. The van der Waals surface area contributed by atoms with E-state index in [4.69, 9.17) is 19.6 Å². The lowest BCUT2D eigenvalue weighted by molar-refractivity contribution is -0.169. The Labute approximate surface area is 366 Å². The van der Waals surface area contributed by atoms with Crippen molar-refractivity contribution in [2.75, 3.05) is 13.2 Å². The number of esters is 1. The maximum atomic E-state index is 14.2. The van der Waals surface area contributed by atoms with Crippen LogP contribution in [0.25, 0.3) is 11.0 Å². The molecule has 63 heavy (non-hydrogen) atoms. The number of aromatic hydroxyl groups is 2. The fourth-order valence-corrected chi connectivity index (χ4v) is 12.4. The summed E-state index contributed by atoms with van der Waals surface area (Å²) in [5, 5.41) is 56.6. The first kappa shape index (κ1) is 41.5. The number of aliphatic hydroxyl groups excluding tert-OH is 2. The second-order valence-electron chi connectivity index (χ2n) is 18.9. The van der Waals surface area contributed by atoms with Crippen LogP contribution in [0.15, 0.2) is 91.1 Å². The highest BCUT2D eigenvalue weighted by molar-refractivity contribution is 5.92. The van der Waals surface area contributed by atoms with Crippen molar-refractivity contribution in [2.24, 2.45) is 23.5 Å². The van der Waals surface area contributed by atoms with Crippen molar-refractivity contribution in [3.63, 3.8) is 0 Å². The molecule has 332 valence electrons. The minimum absolute atomic E-state index is 0.00691. The van der Waals surface area contributed by atoms with Crippen molar-refractivity contribution < 1.29 is 39.1 Å². The number of carbonyl (C=O) groups is 1. The summed E-state index contributed by atoms with van der Waals surface area (Å²) in [5.74, 6) is -2.12.